The van der Waals surface area contributed by atoms with Gasteiger partial charge in [-0.1, -0.05) is 0 Å². The molecule has 1 aromatic carbocycles. The van der Waals surface area contributed by atoms with Crippen molar-refractivity contribution in [3.8, 4) is 17.1 Å². The summed E-state index contributed by atoms with van der Waals surface area (Å²) in [5, 5.41) is 0. The maximum absolute atomic E-state index is 13.7. The van der Waals surface area contributed by atoms with Crippen LogP contribution in [0.3, 0.4) is 0 Å². The number of H-pyrrole nitrogens is 1. The van der Waals surface area contributed by atoms with Crippen LogP contribution in [0.25, 0.3) is 11.4 Å². The van der Waals surface area contributed by atoms with Gasteiger partial charge >= 0.3 is 42.5 Å². The van der Waals surface area contributed by atoms with Crippen LogP contribution in [-0.4, -0.2) is 59.0 Å². The van der Waals surface area contributed by atoms with Crippen LogP contribution in [-0.2, 0) is 9.47 Å². The van der Waals surface area contributed by atoms with Crippen LogP contribution in [0.5, 0.6) is 5.75 Å². The number of nitrogens with one attached hydrogen (secondary N) is 1. The first-order valence-corrected chi connectivity index (χ1v) is 9.38. The Morgan fingerprint density at radius 1 is 0.667 bits per heavy atom. The standard InChI is InChI=1S/C18H9F15N2O4/c19-12(20,7-37-9-3-1-8(2-4-9)11-34-6-5-10(36)35-11)38-17(30,31)18(32,33)39-16(28,29)14(23,24)13(21,22)15(25,26)27/h1-6H,7H2,(H,34,35,36). The number of hydrogen-bond acceptors (Lipinski definition) is 5. The van der Waals surface area contributed by atoms with Gasteiger partial charge in [-0.15, -0.1) is 0 Å². The van der Waals surface area contributed by atoms with Gasteiger partial charge in [0.2, 0.25) is 0 Å². The average molecular weight is 602 g/mol. The summed E-state index contributed by atoms with van der Waals surface area (Å²) in [7, 11) is 0. The second kappa shape index (κ2) is 10.1. The van der Waals surface area contributed by atoms with E-state index in [1.807, 2.05) is 0 Å². The van der Waals surface area contributed by atoms with E-state index in [4.69, 9.17) is 0 Å². The predicted molar refractivity (Wildman–Crippen MR) is 93.7 cm³/mol. The highest BCUT2D eigenvalue weighted by molar-refractivity contribution is 5.55. The van der Waals surface area contributed by atoms with Crippen molar-refractivity contribution in [3.05, 3.63) is 46.9 Å². The fourth-order valence-corrected chi connectivity index (χ4v) is 2.31. The van der Waals surface area contributed by atoms with Gasteiger partial charge in [-0.2, -0.15) is 65.9 Å². The van der Waals surface area contributed by atoms with Gasteiger partial charge in [-0.25, -0.2) is 14.5 Å². The van der Waals surface area contributed by atoms with Crippen molar-refractivity contribution >= 4 is 0 Å². The summed E-state index contributed by atoms with van der Waals surface area (Å²) in [6.07, 6.45) is -34.1. The molecule has 0 atom stereocenters. The Bertz CT molecular complexity index is 1200. The summed E-state index contributed by atoms with van der Waals surface area (Å²) in [5.41, 5.74) is -0.436. The molecule has 2 rings (SSSR count). The Labute approximate surface area is 204 Å². The highest BCUT2D eigenvalue weighted by atomic mass is 19.4. The van der Waals surface area contributed by atoms with Crippen LogP contribution >= 0.6 is 0 Å². The van der Waals surface area contributed by atoms with Gasteiger partial charge < -0.3 is 9.72 Å². The van der Waals surface area contributed by atoms with Crippen molar-refractivity contribution in [2.75, 3.05) is 6.61 Å². The Kier molecular flexibility index (Phi) is 8.25. The summed E-state index contributed by atoms with van der Waals surface area (Å²) in [5.74, 6) is -16.4. The minimum atomic E-state index is -7.93. The summed E-state index contributed by atoms with van der Waals surface area (Å²) in [6, 6.07) is 4.90. The number of aromatic nitrogens is 2. The lowest BCUT2D eigenvalue weighted by Gasteiger charge is -2.36. The molecule has 2 aromatic rings. The molecule has 39 heavy (non-hydrogen) atoms. The van der Waals surface area contributed by atoms with Crippen molar-refractivity contribution in [1.82, 2.24) is 9.97 Å². The number of alkyl halides is 15. The fourth-order valence-electron chi connectivity index (χ4n) is 2.31. The Morgan fingerprint density at radius 2 is 1.18 bits per heavy atom. The van der Waals surface area contributed by atoms with Crippen LogP contribution in [0.1, 0.15) is 0 Å². The third-order valence-corrected chi connectivity index (χ3v) is 4.19. The fraction of sp³-hybridized carbons (Fsp3) is 0.444. The molecule has 6 nitrogen and oxygen atoms in total. The van der Waals surface area contributed by atoms with Crippen molar-refractivity contribution in [1.29, 1.82) is 0 Å². The molecule has 0 saturated heterocycles. The molecule has 0 bridgehead atoms. The zero-order valence-corrected chi connectivity index (χ0v) is 17.9. The van der Waals surface area contributed by atoms with Crippen molar-refractivity contribution in [3.63, 3.8) is 0 Å². The Balaban J connectivity index is 2.14. The minimum Gasteiger partial charge on any atom is -0.484 e. The van der Waals surface area contributed by atoms with Gasteiger partial charge in [0.15, 0.2) is 6.61 Å². The number of ether oxygens (including phenoxy) is 3. The van der Waals surface area contributed by atoms with E-state index in [9.17, 15) is 70.7 Å². The van der Waals surface area contributed by atoms with E-state index in [1.165, 1.54) is 4.74 Å². The zero-order chi connectivity index (χ0) is 30.3. The van der Waals surface area contributed by atoms with Crippen LogP contribution in [0.2, 0.25) is 0 Å². The monoisotopic (exact) mass is 602 g/mol. The summed E-state index contributed by atoms with van der Waals surface area (Å²) in [6.45, 7) is -2.39. The third-order valence-electron chi connectivity index (χ3n) is 4.19. The largest absolute Gasteiger partial charge is 0.484 e. The van der Waals surface area contributed by atoms with Crippen molar-refractivity contribution < 1.29 is 80.1 Å². The van der Waals surface area contributed by atoms with Gasteiger partial charge in [0.1, 0.15) is 11.6 Å². The van der Waals surface area contributed by atoms with Crippen molar-refractivity contribution in [2.45, 2.75) is 42.5 Å². The Morgan fingerprint density at radius 3 is 1.67 bits per heavy atom. The number of aromatic amines is 1. The van der Waals surface area contributed by atoms with Crippen LogP contribution in [0, 0.1) is 0 Å². The number of hydrogen-bond donors (Lipinski definition) is 1. The van der Waals surface area contributed by atoms with E-state index in [1.54, 1.807) is 0 Å². The van der Waals surface area contributed by atoms with Crippen LogP contribution in [0.15, 0.2) is 41.3 Å². The average Bonchev–Trinajstić information content (AvgIpc) is 2.75. The molecule has 220 valence electrons. The summed E-state index contributed by atoms with van der Waals surface area (Å²) >= 11 is 0. The van der Waals surface area contributed by atoms with E-state index in [-0.39, 0.29) is 11.4 Å². The predicted octanol–water partition coefficient (Wildman–Crippen LogP) is 6.05. The molecule has 0 aliphatic rings. The smallest absolute Gasteiger partial charge is 0.460 e. The topological polar surface area (TPSA) is 73.4 Å². The SMILES string of the molecule is O=c1ccnc(-c2ccc(OCC(F)(F)OC(F)(F)C(F)(F)OC(F)(F)C(F)(F)C(F)(F)C(F)(F)F)cc2)[nH]1. The highest BCUT2D eigenvalue weighted by Crippen LogP contribution is 2.55. The van der Waals surface area contributed by atoms with E-state index in [0.717, 1.165) is 36.5 Å². The number of halogens is 15. The lowest BCUT2D eigenvalue weighted by atomic mass is 10.1. The second-order valence-electron chi connectivity index (χ2n) is 7.13. The van der Waals surface area contributed by atoms with Crippen LogP contribution < -0.4 is 10.3 Å². The molecule has 0 unspecified atom stereocenters. The molecule has 1 heterocycles. The third kappa shape index (κ3) is 6.68. The van der Waals surface area contributed by atoms with Gasteiger partial charge in [0.25, 0.3) is 5.56 Å². The summed E-state index contributed by atoms with van der Waals surface area (Å²) in [4.78, 5) is 17.3. The molecule has 1 aromatic heterocycles. The summed E-state index contributed by atoms with van der Waals surface area (Å²) < 4.78 is 203. The molecule has 1 N–H and O–H groups in total. The van der Waals surface area contributed by atoms with Gasteiger partial charge in [0.05, 0.1) is 0 Å². The first-order valence-electron chi connectivity index (χ1n) is 9.38. The van der Waals surface area contributed by atoms with Crippen LogP contribution in [0.4, 0.5) is 65.9 Å². The maximum atomic E-state index is 13.7. The molecule has 0 fully saturated rings. The molecule has 0 amide bonds. The molecular formula is C18H9F15N2O4. The molecule has 0 saturated carbocycles. The van der Waals surface area contributed by atoms with E-state index in [2.05, 4.69) is 19.4 Å². The lowest BCUT2D eigenvalue weighted by Crippen LogP contribution is -2.64. The molecular weight excluding hydrogens is 593 g/mol. The first-order chi connectivity index (χ1) is 17.4. The van der Waals surface area contributed by atoms with E-state index >= 15 is 0 Å². The molecule has 0 aliphatic heterocycles. The zero-order valence-electron chi connectivity index (χ0n) is 17.9. The molecule has 0 radical (unpaired) electrons. The van der Waals surface area contributed by atoms with Crippen molar-refractivity contribution in [2.24, 2.45) is 0 Å². The van der Waals surface area contributed by atoms with E-state index in [0.29, 0.717) is 0 Å². The lowest BCUT2D eigenvalue weighted by molar-refractivity contribution is -0.542. The quantitative estimate of drug-likeness (QED) is 0.317. The van der Waals surface area contributed by atoms with Gasteiger partial charge in [-0.05, 0) is 24.3 Å². The molecule has 0 aliphatic carbocycles. The maximum Gasteiger partial charge on any atom is 0.460 e. The first kappa shape index (κ1) is 32.0. The second-order valence-corrected chi connectivity index (χ2v) is 7.13. The molecule has 21 heteroatoms. The minimum absolute atomic E-state index is 0.0278. The van der Waals surface area contributed by atoms with E-state index < -0.39 is 60.4 Å². The number of benzene rings is 1. The van der Waals surface area contributed by atoms with Gasteiger partial charge in [0, 0.05) is 17.8 Å². The Hall–Kier alpha value is -3.23. The number of rotatable bonds is 11. The normalized spacial score (nSPS) is 14.4. The molecule has 0 spiro atoms. The highest BCUT2D eigenvalue weighted by Gasteiger charge is 2.85. The van der Waals surface area contributed by atoms with Gasteiger partial charge in [-0.3, -0.25) is 4.79 Å². The number of nitrogens with zero attached hydrogens (tertiary/aromatic N) is 1.